The lowest BCUT2D eigenvalue weighted by Crippen LogP contribution is -2.50. The maximum Gasteiger partial charge on any atom is 0.270 e. The predicted molar refractivity (Wildman–Crippen MR) is 92.2 cm³/mol. The summed E-state index contributed by atoms with van der Waals surface area (Å²) in [6.45, 7) is 0.606. The van der Waals surface area contributed by atoms with E-state index in [1.807, 2.05) is 0 Å². The van der Waals surface area contributed by atoms with Crippen molar-refractivity contribution in [2.24, 2.45) is 0 Å². The second-order valence-corrected chi connectivity index (χ2v) is 6.72. The van der Waals surface area contributed by atoms with E-state index < -0.39 is 4.92 Å². The third kappa shape index (κ3) is 2.99. The number of nitro benzene ring substituents is 1. The van der Waals surface area contributed by atoms with Gasteiger partial charge in [0.25, 0.3) is 11.6 Å². The van der Waals surface area contributed by atoms with E-state index in [0.29, 0.717) is 23.1 Å². The highest BCUT2D eigenvalue weighted by molar-refractivity contribution is 5.98. The van der Waals surface area contributed by atoms with Gasteiger partial charge in [-0.3, -0.25) is 14.9 Å². The van der Waals surface area contributed by atoms with E-state index in [0.717, 1.165) is 12.8 Å². The Bertz CT molecular complexity index is 775. The zero-order valence-electron chi connectivity index (χ0n) is 14.0. The molecule has 24 heavy (non-hydrogen) atoms. The molecule has 0 unspecified atom stereocenters. The second kappa shape index (κ2) is 6.24. The van der Waals surface area contributed by atoms with Gasteiger partial charge in [0.2, 0.25) is 0 Å². The van der Waals surface area contributed by atoms with Gasteiger partial charge in [0.15, 0.2) is 0 Å². The SMILES string of the molecule is CN(C)C1(CNC(=O)c2cc3cc([N+](=O)[O-])ccc3[nH]2)CCCC1. The fourth-order valence-electron chi connectivity index (χ4n) is 3.51. The quantitative estimate of drug-likeness (QED) is 0.651. The predicted octanol–water partition coefficient (Wildman–Crippen LogP) is 2.68. The summed E-state index contributed by atoms with van der Waals surface area (Å²) in [6.07, 6.45) is 4.53. The van der Waals surface area contributed by atoms with E-state index in [4.69, 9.17) is 0 Å². The zero-order chi connectivity index (χ0) is 17.3. The highest BCUT2D eigenvalue weighted by Crippen LogP contribution is 2.33. The van der Waals surface area contributed by atoms with Gasteiger partial charge in [-0.1, -0.05) is 12.8 Å². The van der Waals surface area contributed by atoms with E-state index >= 15 is 0 Å². The third-order valence-electron chi connectivity index (χ3n) is 5.12. The molecule has 1 fully saturated rings. The molecule has 7 heteroatoms. The van der Waals surface area contributed by atoms with Gasteiger partial charge in [0.05, 0.1) is 4.92 Å². The Balaban J connectivity index is 1.75. The highest BCUT2D eigenvalue weighted by Gasteiger charge is 2.36. The lowest BCUT2D eigenvalue weighted by molar-refractivity contribution is -0.384. The van der Waals surface area contributed by atoms with Crippen LogP contribution in [0.4, 0.5) is 5.69 Å². The van der Waals surface area contributed by atoms with Crippen LogP contribution >= 0.6 is 0 Å². The summed E-state index contributed by atoms with van der Waals surface area (Å²) in [5.41, 5.74) is 1.19. The number of carbonyl (C=O) groups excluding carboxylic acids is 1. The molecule has 1 aromatic carbocycles. The summed E-state index contributed by atoms with van der Waals surface area (Å²) in [5.74, 6) is -0.179. The van der Waals surface area contributed by atoms with Gasteiger partial charge >= 0.3 is 0 Å². The van der Waals surface area contributed by atoms with Crippen LogP contribution in [0.1, 0.15) is 36.2 Å². The van der Waals surface area contributed by atoms with Crippen LogP contribution < -0.4 is 5.32 Å². The van der Waals surface area contributed by atoms with E-state index in [2.05, 4.69) is 29.3 Å². The molecule has 0 atom stereocenters. The number of nitro groups is 1. The van der Waals surface area contributed by atoms with Crippen molar-refractivity contribution in [3.05, 3.63) is 40.1 Å². The molecule has 128 valence electrons. The van der Waals surface area contributed by atoms with Crippen LogP contribution in [0, 0.1) is 10.1 Å². The van der Waals surface area contributed by atoms with Crippen LogP contribution in [-0.2, 0) is 0 Å². The largest absolute Gasteiger partial charge is 0.351 e. The minimum absolute atomic E-state index is 0.0194. The molecular weight excluding hydrogens is 308 g/mol. The van der Waals surface area contributed by atoms with Gasteiger partial charge in [-0.05, 0) is 39.1 Å². The topological polar surface area (TPSA) is 91.3 Å². The molecule has 0 bridgehead atoms. The van der Waals surface area contributed by atoms with Crippen molar-refractivity contribution in [2.75, 3.05) is 20.6 Å². The summed E-state index contributed by atoms with van der Waals surface area (Å²) in [5, 5.41) is 14.5. The third-order valence-corrected chi connectivity index (χ3v) is 5.12. The summed E-state index contributed by atoms with van der Waals surface area (Å²) >= 11 is 0. The molecule has 0 radical (unpaired) electrons. The highest BCUT2D eigenvalue weighted by atomic mass is 16.6. The van der Waals surface area contributed by atoms with Crippen molar-refractivity contribution >= 4 is 22.5 Å². The molecular formula is C17H22N4O3. The fraction of sp³-hybridized carbons (Fsp3) is 0.471. The maximum atomic E-state index is 12.5. The van der Waals surface area contributed by atoms with Gasteiger partial charge in [-0.25, -0.2) is 0 Å². The first kappa shape index (κ1) is 16.4. The molecule has 1 heterocycles. The van der Waals surface area contributed by atoms with Crippen molar-refractivity contribution in [1.29, 1.82) is 0 Å². The van der Waals surface area contributed by atoms with E-state index in [9.17, 15) is 14.9 Å². The van der Waals surface area contributed by atoms with Crippen LogP contribution in [0.25, 0.3) is 10.9 Å². The molecule has 2 N–H and O–H groups in total. The Labute approximate surface area is 140 Å². The molecule has 7 nitrogen and oxygen atoms in total. The number of nitrogens with one attached hydrogen (secondary N) is 2. The Kier molecular flexibility index (Phi) is 4.28. The van der Waals surface area contributed by atoms with Crippen LogP contribution in [0.2, 0.25) is 0 Å². The van der Waals surface area contributed by atoms with Crippen LogP contribution in [0.15, 0.2) is 24.3 Å². The van der Waals surface area contributed by atoms with Crippen LogP contribution in [0.3, 0.4) is 0 Å². The number of benzene rings is 1. The number of aromatic amines is 1. The molecule has 2 aromatic rings. The lowest BCUT2D eigenvalue weighted by atomic mass is 9.96. The van der Waals surface area contributed by atoms with Crippen molar-refractivity contribution in [3.8, 4) is 0 Å². The minimum Gasteiger partial charge on any atom is -0.351 e. The number of hydrogen-bond donors (Lipinski definition) is 2. The number of carbonyl (C=O) groups is 1. The molecule has 0 saturated heterocycles. The Morgan fingerprint density at radius 1 is 1.33 bits per heavy atom. The number of aromatic nitrogens is 1. The first-order valence-corrected chi connectivity index (χ1v) is 8.14. The molecule has 1 aliphatic carbocycles. The van der Waals surface area contributed by atoms with Gasteiger partial charge in [-0.2, -0.15) is 0 Å². The van der Waals surface area contributed by atoms with Crippen molar-refractivity contribution < 1.29 is 9.72 Å². The van der Waals surface area contributed by atoms with Gasteiger partial charge in [0, 0.05) is 35.1 Å². The molecule has 0 spiro atoms. The van der Waals surface area contributed by atoms with Crippen LogP contribution in [0.5, 0.6) is 0 Å². The standard InChI is InChI=1S/C17H22N4O3/c1-20(2)17(7-3-4-8-17)11-18-16(22)15-10-12-9-13(21(23)24)5-6-14(12)19-15/h5-6,9-10,19H,3-4,7-8,11H2,1-2H3,(H,18,22). The maximum absolute atomic E-state index is 12.5. The average molecular weight is 330 g/mol. The molecule has 1 saturated carbocycles. The van der Waals surface area contributed by atoms with E-state index in [1.165, 1.54) is 25.0 Å². The summed E-state index contributed by atoms with van der Waals surface area (Å²) in [6, 6.07) is 6.19. The Hall–Kier alpha value is -2.41. The number of nitrogens with zero attached hydrogens (tertiary/aromatic N) is 2. The normalized spacial score (nSPS) is 16.6. The smallest absolute Gasteiger partial charge is 0.270 e. The van der Waals surface area contributed by atoms with E-state index in [1.54, 1.807) is 12.1 Å². The molecule has 1 amide bonds. The molecule has 3 rings (SSSR count). The van der Waals surface area contributed by atoms with Crippen molar-refractivity contribution in [3.63, 3.8) is 0 Å². The number of amides is 1. The first-order chi connectivity index (χ1) is 11.4. The summed E-state index contributed by atoms with van der Waals surface area (Å²) in [7, 11) is 4.11. The van der Waals surface area contributed by atoms with Gasteiger partial charge in [-0.15, -0.1) is 0 Å². The fourth-order valence-corrected chi connectivity index (χ4v) is 3.51. The Morgan fingerprint density at radius 3 is 2.67 bits per heavy atom. The average Bonchev–Trinajstić information content (AvgIpc) is 3.19. The Morgan fingerprint density at radius 2 is 2.04 bits per heavy atom. The number of fused-ring (bicyclic) bond motifs is 1. The number of hydrogen-bond acceptors (Lipinski definition) is 4. The second-order valence-electron chi connectivity index (χ2n) is 6.72. The van der Waals surface area contributed by atoms with Crippen molar-refractivity contribution in [2.45, 2.75) is 31.2 Å². The number of non-ortho nitro benzene ring substituents is 1. The van der Waals surface area contributed by atoms with Crippen molar-refractivity contribution in [1.82, 2.24) is 15.2 Å². The molecule has 1 aliphatic rings. The number of likely N-dealkylation sites (N-methyl/N-ethyl adjacent to an activating group) is 1. The number of rotatable bonds is 5. The van der Waals surface area contributed by atoms with E-state index in [-0.39, 0.29) is 17.1 Å². The zero-order valence-corrected chi connectivity index (χ0v) is 14.0. The van der Waals surface area contributed by atoms with Crippen LogP contribution in [-0.4, -0.2) is 46.9 Å². The van der Waals surface area contributed by atoms with Gasteiger partial charge < -0.3 is 15.2 Å². The minimum atomic E-state index is -0.437. The summed E-state index contributed by atoms with van der Waals surface area (Å²) in [4.78, 5) is 28.1. The van der Waals surface area contributed by atoms with Gasteiger partial charge in [0.1, 0.15) is 5.69 Å². The molecule has 0 aliphatic heterocycles. The molecule has 1 aromatic heterocycles. The summed E-state index contributed by atoms with van der Waals surface area (Å²) < 4.78 is 0. The lowest BCUT2D eigenvalue weighted by Gasteiger charge is -2.36. The number of H-pyrrole nitrogens is 1. The first-order valence-electron chi connectivity index (χ1n) is 8.14. The monoisotopic (exact) mass is 330 g/mol.